The molecule has 0 aliphatic heterocycles. The minimum atomic E-state index is -3.54. The fourth-order valence-corrected chi connectivity index (χ4v) is 3.92. The van der Waals surface area contributed by atoms with E-state index < -0.39 is 10.0 Å². The van der Waals surface area contributed by atoms with Gasteiger partial charge in [-0.2, -0.15) is 0 Å². The Kier molecular flexibility index (Phi) is 6.85. The van der Waals surface area contributed by atoms with Gasteiger partial charge >= 0.3 is 0 Å². The lowest BCUT2D eigenvalue weighted by molar-refractivity contribution is -0.120. The van der Waals surface area contributed by atoms with E-state index in [-0.39, 0.29) is 23.4 Å². The van der Waals surface area contributed by atoms with Crippen LogP contribution in [0, 0.1) is 20.8 Å². The Morgan fingerprint density at radius 2 is 1.64 bits per heavy atom. The highest BCUT2D eigenvalue weighted by molar-refractivity contribution is 7.89. The summed E-state index contributed by atoms with van der Waals surface area (Å²) in [5, 5.41) is 5.97. The summed E-state index contributed by atoms with van der Waals surface area (Å²) in [7, 11) is -0.545. The molecule has 7 heteroatoms. The molecule has 1 atom stereocenters. The number of sulfonamides is 1. The number of hydrogen-bond donors (Lipinski definition) is 2. The summed E-state index contributed by atoms with van der Waals surface area (Å²) in [6.45, 7) is 7.84. The van der Waals surface area contributed by atoms with Gasteiger partial charge in [0.25, 0.3) is 0 Å². The zero-order valence-corrected chi connectivity index (χ0v) is 18.1. The Hall–Kier alpha value is -2.38. The quantitative estimate of drug-likeness (QED) is 0.744. The minimum absolute atomic E-state index is 0.0553. The van der Waals surface area contributed by atoms with Crippen LogP contribution < -0.4 is 10.6 Å². The fourth-order valence-electron chi connectivity index (χ4n) is 2.78. The maximum Gasteiger partial charge on any atom is 0.242 e. The predicted octanol–water partition coefficient (Wildman–Crippen LogP) is 3.15. The van der Waals surface area contributed by atoms with Crippen LogP contribution in [0.15, 0.2) is 41.3 Å². The van der Waals surface area contributed by atoms with Crippen LogP contribution in [0.3, 0.4) is 0 Å². The molecule has 2 aromatic rings. The van der Waals surface area contributed by atoms with Crippen molar-refractivity contribution in [1.29, 1.82) is 0 Å². The molecule has 0 heterocycles. The molecule has 0 spiro atoms. The summed E-state index contributed by atoms with van der Waals surface area (Å²) < 4.78 is 26.0. The van der Waals surface area contributed by atoms with Gasteiger partial charge in [0.15, 0.2) is 0 Å². The Morgan fingerprint density at radius 3 is 2.25 bits per heavy atom. The first-order valence-electron chi connectivity index (χ1n) is 9.16. The molecule has 2 rings (SSSR count). The van der Waals surface area contributed by atoms with E-state index in [1.54, 1.807) is 25.1 Å². The van der Waals surface area contributed by atoms with Crippen LogP contribution >= 0.6 is 0 Å². The molecule has 0 aromatic heterocycles. The van der Waals surface area contributed by atoms with E-state index >= 15 is 0 Å². The van der Waals surface area contributed by atoms with Gasteiger partial charge in [-0.25, -0.2) is 12.7 Å². The molecule has 2 aromatic carbocycles. The van der Waals surface area contributed by atoms with Gasteiger partial charge in [-0.15, -0.1) is 0 Å². The monoisotopic (exact) mass is 403 g/mol. The highest BCUT2D eigenvalue weighted by Gasteiger charge is 2.20. The van der Waals surface area contributed by atoms with Crippen molar-refractivity contribution in [2.45, 2.75) is 38.6 Å². The van der Waals surface area contributed by atoms with Gasteiger partial charge < -0.3 is 10.6 Å². The molecule has 0 aliphatic carbocycles. The van der Waals surface area contributed by atoms with Crippen LogP contribution in [0.4, 0.5) is 5.69 Å². The van der Waals surface area contributed by atoms with E-state index in [1.807, 2.05) is 26.0 Å². The number of rotatable bonds is 7. The van der Waals surface area contributed by atoms with Crippen molar-refractivity contribution in [3.8, 4) is 0 Å². The minimum Gasteiger partial charge on any atom is -0.376 e. The highest BCUT2D eigenvalue weighted by Crippen LogP contribution is 2.22. The average molecular weight is 404 g/mol. The van der Waals surface area contributed by atoms with Gasteiger partial charge in [0, 0.05) is 19.8 Å². The normalized spacial score (nSPS) is 12.7. The van der Waals surface area contributed by atoms with Crippen LogP contribution in [0.1, 0.15) is 35.2 Å². The van der Waals surface area contributed by atoms with Gasteiger partial charge in [-0.3, -0.25) is 4.79 Å². The first-order valence-corrected chi connectivity index (χ1v) is 10.6. The van der Waals surface area contributed by atoms with Crippen LogP contribution in [0.25, 0.3) is 0 Å². The van der Waals surface area contributed by atoms with Crippen LogP contribution in [0.5, 0.6) is 0 Å². The van der Waals surface area contributed by atoms with Gasteiger partial charge in [-0.1, -0.05) is 24.3 Å². The molecular weight excluding hydrogens is 374 g/mol. The van der Waals surface area contributed by atoms with Crippen molar-refractivity contribution in [2.24, 2.45) is 0 Å². The molecule has 0 unspecified atom stereocenters. The van der Waals surface area contributed by atoms with Gasteiger partial charge in [0.1, 0.15) is 0 Å². The molecular formula is C21H29N3O3S. The van der Waals surface area contributed by atoms with Crippen molar-refractivity contribution < 1.29 is 13.2 Å². The lowest BCUT2D eigenvalue weighted by Crippen LogP contribution is -2.32. The van der Waals surface area contributed by atoms with Gasteiger partial charge in [0.2, 0.25) is 15.9 Å². The molecule has 0 bridgehead atoms. The van der Waals surface area contributed by atoms with E-state index in [9.17, 15) is 13.2 Å². The van der Waals surface area contributed by atoms with E-state index in [2.05, 4.69) is 23.6 Å². The van der Waals surface area contributed by atoms with Crippen molar-refractivity contribution in [3.63, 3.8) is 0 Å². The van der Waals surface area contributed by atoms with Crippen molar-refractivity contribution >= 4 is 21.6 Å². The van der Waals surface area contributed by atoms with E-state index in [4.69, 9.17) is 0 Å². The number of aryl methyl sites for hydroxylation is 3. The van der Waals surface area contributed by atoms with Crippen LogP contribution in [0.2, 0.25) is 0 Å². The molecule has 2 N–H and O–H groups in total. The molecule has 152 valence electrons. The Bertz CT molecular complexity index is 969. The van der Waals surface area contributed by atoms with Crippen molar-refractivity contribution in [2.75, 3.05) is 26.0 Å². The number of anilines is 1. The smallest absolute Gasteiger partial charge is 0.242 e. The maximum absolute atomic E-state index is 12.4. The summed E-state index contributed by atoms with van der Waals surface area (Å²) in [5.41, 5.74) is 4.69. The average Bonchev–Trinajstić information content (AvgIpc) is 2.62. The lowest BCUT2D eigenvalue weighted by atomic mass is 10.0. The molecule has 0 radical (unpaired) electrons. The Morgan fingerprint density at radius 1 is 1.00 bits per heavy atom. The van der Waals surface area contributed by atoms with E-state index in [1.165, 1.54) is 29.5 Å². The van der Waals surface area contributed by atoms with Crippen LogP contribution in [-0.4, -0.2) is 39.3 Å². The van der Waals surface area contributed by atoms with E-state index in [0.29, 0.717) is 11.3 Å². The molecule has 1 amide bonds. The molecule has 0 saturated carbocycles. The molecule has 28 heavy (non-hydrogen) atoms. The Labute approximate surface area is 168 Å². The van der Waals surface area contributed by atoms with Crippen molar-refractivity contribution in [3.05, 3.63) is 58.7 Å². The largest absolute Gasteiger partial charge is 0.376 e. The lowest BCUT2D eigenvalue weighted by Gasteiger charge is -2.17. The molecule has 0 saturated heterocycles. The Balaban J connectivity index is 2.03. The van der Waals surface area contributed by atoms with Gasteiger partial charge in [-0.05, 0) is 62.1 Å². The van der Waals surface area contributed by atoms with Crippen molar-refractivity contribution in [1.82, 2.24) is 9.62 Å². The number of nitrogens with zero attached hydrogens (tertiary/aromatic N) is 1. The second kappa shape index (κ2) is 8.75. The first-order chi connectivity index (χ1) is 13.0. The third kappa shape index (κ3) is 5.11. The SMILES string of the molecule is Cc1ccc([C@@H](C)NC(=O)CNc2ccc(C)c(S(=O)(=O)N(C)C)c2)cc1C. The second-order valence-corrected chi connectivity index (χ2v) is 9.37. The maximum atomic E-state index is 12.4. The van der Waals surface area contributed by atoms with E-state index in [0.717, 1.165) is 5.56 Å². The zero-order valence-electron chi connectivity index (χ0n) is 17.3. The van der Waals surface area contributed by atoms with Gasteiger partial charge in [0.05, 0.1) is 17.5 Å². The summed E-state index contributed by atoms with van der Waals surface area (Å²) in [6, 6.07) is 11.1. The zero-order chi connectivity index (χ0) is 21.1. The second-order valence-electron chi connectivity index (χ2n) is 7.25. The summed E-state index contributed by atoms with van der Waals surface area (Å²) in [4.78, 5) is 12.5. The number of amides is 1. The first kappa shape index (κ1) is 21.9. The number of carbonyl (C=O) groups excluding carboxylic acids is 1. The number of nitrogens with one attached hydrogen (secondary N) is 2. The molecule has 6 nitrogen and oxygen atoms in total. The third-order valence-corrected chi connectivity index (χ3v) is 6.77. The predicted molar refractivity (Wildman–Crippen MR) is 113 cm³/mol. The third-order valence-electron chi connectivity index (χ3n) is 4.81. The number of benzene rings is 2. The standard InChI is InChI=1S/C21H29N3O3S/c1-14-7-9-18(11-16(14)3)17(4)23-21(25)13-22-19-10-8-15(2)20(12-19)28(26,27)24(5)6/h7-12,17,22H,13H2,1-6H3,(H,23,25)/t17-/m1/s1. The van der Waals surface area contributed by atoms with Crippen LogP contribution in [-0.2, 0) is 14.8 Å². The highest BCUT2D eigenvalue weighted by atomic mass is 32.2. The molecule has 0 fully saturated rings. The fraction of sp³-hybridized carbons (Fsp3) is 0.381. The number of carbonyl (C=O) groups is 1. The summed E-state index contributed by atoms with van der Waals surface area (Å²) >= 11 is 0. The summed E-state index contributed by atoms with van der Waals surface area (Å²) in [5.74, 6) is -0.164. The summed E-state index contributed by atoms with van der Waals surface area (Å²) in [6.07, 6.45) is 0. The topological polar surface area (TPSA) is 78.5 Å². The molecule has 0 aliphatic rings. The number of hydrogen-bond acceptors (Lipinski definition) is 4.